The number of anilines is 1. The van der Waals surface area contributed by atoms with Crippen molar-refractivity contribution in [1.82, 2.24) is 10.2 Å². The lowest BCUT2D eigenvalue weighted by Gasteiger charge is -2.33. The van der Waals surface area contributed by atoms with Crippen LogP contribution in [0.15, 0.2) is 42.5 Å². The predicted molar refractivity (Wildman–Crippen MR) is 147 cm³/mol. The van der Waals surface area contributed by atoms with E-state index in [2.05, 4.69) is 5.32 Å². The Hall–Kier alpha value is -2.89. The third-order valence-electron chi connectivity index (χ3n) is 6.46. The van der Waals surface area contributed by atoms with Gasteiger partial charge in [-0.3, -0.25) is 24.0 Å². The van der Waals surface area contributed by atoms with Gasteiger partial charge in [0.25, 0.3) is 5.69 Å². The maximum absolute atomic E-state index is 13.6. The summed E-state index contributed by atoms with van der Waals surface area (Å²) < 4.78 is 26.1. The van der Waals surface area contributed by atoms with Crippen LogP contribution >= 0.6 is 23.2 Å². The largest absolute Gasteiger partial charge is 0.352 e. The first-order chi connectivity index (χ1) is 17.9. The molecule has 38 heavy (non-hydrogen) atoms. The Balaban J connectivity index is 1.91. The second-order valence-electron chi connectivity index (χ2n) is 9.34. The summed E-state index contributed by atoms with van der Waals surface area (Å²) in [6.07, 6.45) is 5.75. The number of amides is 2. The molecule has 1 aliphatic carbocycles. The van der Waals surface area contributed by atoms with E-state index >= 15 is 0 Å². The van der Waals surface area contributed by atoms with Crippen LogP contribution in [0, 0.1) is 10.1 Å². The fraction of sp³-hybridized carbons (Fsp3) is 0.440. The molecule has 3 rings (SSSR count). The average Bonchev–Trinajstić information content (AvgIpc) is 2.87. The lowest BCUT2D eigenvalue weighted by Crippen LogP contribution is -2.52. The van der Waals surface area contributed by atoms with Crippen LogP contribution in [0.2, 0.25) is 10.0 Å². The standard InChI is InChI=1S/C25H30Cl2N4O6S/c1-17(25(33)28-19-7-4-3-5-8-19)29(15-18-11-12-22(26)23(27)13-18)24(32)16-30(38(2,36)37)20-9-6-10-21(14-20)31(34)35/h6,9-14,17,19H,3-5,7-8,15-16H2,1-2H3,(H,28,33). The van der Waals surface area contributed by atoms with Gasteiger partial charge in [-0.15, -0.1) is 0 Å². The highest BCUT2D eigenvalue weighted by Gasteiger charge is 2.31. The Kier molecular flexibility index (Phi) is 9.97. The molecule has 0 radical (unpaired) electrons. The monoisotopic (exact) mass is 584 g/mol. The number of nitrogens with zero attached hydrogens (tertiary/aromatic N) is 3. The first-order valence-corrected chi connectivity index (χ1v) is 14.7. The van der Waals surface area contributed by atoms with Gasteiger partial charge in [-0.05, 0) is 43.5 Å². The molecule has 0 bridgehead atoms. The third kappa shape index (κ3) is 7.81. The molecule has 2 aromatic carbocycles. The molecule has 206 valence electrons. The van der Waals surface area contributed by atoms with E-state index in [4.69, 9.17) is 23.2 Å². The summed E-state index contributed by atoms with van der Waals surface area (Å²) in [5.41, 5.74) is 0.228. The Labute approximate surface area is 232 Å². The molecule has 1 fully saturated rings. The smallest absolute Gasteiger partial charge is 0.271 e. The number of non-ortho nitro benzene ring substituents is 1. The molecular weight excluding hydrogens is 555 g/mol. The summed E-state index contributed by atoms with van der Waals surface area (Å²) in [6.45, 7) is 0.871. The number of sulfonamides is 1. The molecule has 0 aromatic heterocycles. The quantitative estimate of drug-likeness (QED) is 0.322. The first-order valence-electron chi connectivity index (χ1n) is 12.1. The molecule has 2 aromatic rings. The molecule has 1 atom stereocenters. The minimum atomic E-state index is -4.02. The van der Waals surface area contributed by atoms with Crippen molar-refractivity contribution in [3.05, 3.63) is 68.2 Å². The zero-order chi connectivity index (χ0) is 28.0. The van der Waals surface area contributed by atoms with Gasteiger partial charge in [-0.2, -0.15) is 0 Å². The van der Waals surface area contributed by atoms with Gasteiger partial charge in [0.1, 0.15) is 12.6 Å². The van der Waals surface area contributed by atoms with Gasteiger partial charge >= 0.3 is 0 Å². The molecule has 0 saturated heterocycles. The molecule has 2 amide bonds. The SMILES string of the molecule is CC(C(=O)NC1CCCCC1)N(Cc1ccc(Cl)c(Cl)c1)C(=O)CN(c1cccc([N+](=O)[O-])c1)S(C)(=O)=O. The lowest BCUT2D eigenvalue weighted by molar-refractivity contribution is -0.384. The maximum Gasteiger partial charge on any atom is 0.271 e. The number of nitrogens with one attached hydrogen (secondary N) is 1. The van der Waals surface area contributed by atoms with E-state index in [1.165, 1.54) is 23.1 Å². The van der Waals surface area contributed by atoms with Crippen LogP contribution in [0.4, 0.5) is 11.4 Å². The molecule has 13 heteroatoms. The van der Waals surface area contributed by atoms with Crippen molar-refractivity contribution in [2.24, 2.45) is 0 Å². The maximum atomic E-state index is 13.6. The van der Waals surface area contributed by atoms with Crippen LogP contribution in [-0.4, -0.2) is 54.9 Å². The Bertz CT molecular complexity index is 1300. The topological polar surface area (TPSA) is 130 Å². The number of halogens is 2. The van der Waals surface area contributed by atoms with E-state index in [0.717, 1.165) is 48.7 Å². The Morgan fingerprint density at radius 1 is 1.11 bits per heavy atom. The predicted octanol–water partition coefficient (Wildman–Crippen LogP) is 4.53. The summed E-state index contributed by atoms with van der Waals surface area (Å²) in [7, 11) is -4.02. The summed E-state index contributed by atoms with van der Waals surface area (Å²) in [4.78, 5) is 38.7. The number of carbonyl (C=O) groups is 2. The molecule has 0 spiro atoms. The van der Waals surface area contributed by atoms with Crippen LogP contribution in [0.25, 0.3) is 0 Å². The number of nitro groups is 1. The van der Waals surface area contributed by atoms with E-state index in [0.29, 0.717) is 10.6 Å². The molecule has 10 nitrogen and oxygen atoms in total. The fourth-order valence-electron chi connectivity index (χ4n) is 4.36. The molecule has 0 heterocycles. The highest BCUT2D eigenvalue weighted by atomic mass is 35.5. The molecule has 1 N–H and O–H groups in total. The highest BCUT2D eigenvalue weighted by Crippen LogP contribution is 2.26. The average molecular weight is 586 g/mol. The summed E-state index contributed by atoms with van der Waals surface area (Å²) in [6, 6.07) is 8.88. The normalized spacial score (nSPS) is 14.9. The van der Waals surface area contributed by atoms with Crippen LogP contribution < -0.4 is 9.62 Å². The number of nitro benzene ring substituents is 1. The molecule has 1 unspecified atom stereocenters. The zero-order valence-corrected chi connectivity index (χ0v) is 23.4. The van der Waals surface area contributed by atoms with Gasteiger partial charge in [0.15, 0.2) is 0 Å². The van der Waals surface area contributed by atoms with Gasteiger partial charge in [0.05, 0.1) is 26.9 Å². The highest BCUT2D eigenvalue weighted by molar-refractivity contribution is 7.92. The van der Waals surface area contributed by atoms with E-state index < -0.39 is 33.4 Å². The van der Waals surface area contributed by atoms with Crippen molar-refractivity contribution < 1.29 is 22.9 Å². The van der Waals surface area contributed by atoms with E-state index in [1.807, 2.05) is 0 Å². The lowest BCUT2D eigenvalue weighted by atomic mass is 9.95. The van der Waals surface area contributed by atoms with Gasteiger partial charge in [-0.25, -0.2) is 8.42 Å². The fourth-order valence-corrected chi connectivity index (χ4v) is 5.52. The van der Waals surface area contributed by atoms with Crippen molar-refractivity contribution >= 4 is 56.4 Å². The zero-order valence-electron chi connectivity index (χ0n) is 21.1. The van der Waals surface area contributed by atoms with Crippen molar-refractivity contribution in [3.63, 3.8) is 0 Å². The number of hydrogen-bond acceptors (Lipinski definition) is 6. The number of benzene rings is 2. The van der Waals surface area contributed by atoms with Crippen molar-refractivity contribution in [1.29, 1.82) is 0 Å². The first kappa shape index (κ1) is 29.7. The summed E-state index contributed by atoms with van der Waals surface area (Å²) in [5, 5.41) is 14.8. The van der Waals surface area contributed by atoms with Crippen LogP contribution in [0.3, 0.4) is 0 Å². The third-order valence-corrected chi connectivity index (χ3v) is 8.34. The summed E-state index contributed by atoms with van der Waals surface area (Å²) in [5.74, 6) is -1.02. The Morgan fingerprint density at radius 3 is 2.39 bits per heavy atom. The van der Waals surface area contributed by atoms with Crippen molar-refractivity contribution in [3.8, 4) is 0 Å². The van der Waals surface area contributed by atoms with Crippen LogP contribution in [-0.2, 0) is 26.2 Å². The second-order valence-corrected chi connectivity index (χ2v) is 12.1. The minimum absolute atomic E-state index is 0.0121. The molecule has 0 aliphatic heterocycles. The molecule has 1 saturated carbocycles. The Morgan fingerprint density at radius 2 is 1.79 bits per heavy atom. The van der Waals surface area contributed by atoms with E-state index in [9.17, 15) is 28.1 Å². The van der Waals surface area contributed by atoms with Gasteiger partial charge in [0.2, 0.25) is 21.8 Å². The molecule has 1 aliphatic rings. The van der Waals surface area contributed by atoms with Gasteiger partial charge < -0.3 is 10.2 Å². The van der Waals surface area contributed by atoms with Crippen LogP contribution in [0.1, 0.15) is 44.6 Å². The molecular formula is C25H30Cl2N4O6S. The van der Waals surface area contributed by atoms with Crippen molar-refractivity contribution in [2.45, 2.75) is 57.7 Å². The van der Waals surface area contributed by atoms with Crippen LogP contribution in [0.5, 0.6) is 0 Å². The van der Waals surface area contributed by atoms with Gasteiger partial charge in [-0.1, -0.05) is 54.6 Å². The number of rotatable bonds is 10. The second kappa shape index (κ2) is 12.8. The van der Waals surface area contributed by atoms with Crippen molar-refractivity contribution in [2.75, 3.05) is 17.1 Å². The van der Waals surface area contributed by atoms with Gasteiger partial charge in [0, 0.05) is 24.7 Å². The minimum Gasteiger partial charge on any atom is -0.352 e. The number of hydrogen-bond donors (Lipinski definition) is 1. The van der Waals surface area contributed by atoms with E-state index in [-0.39, 0.29) is 34.9 Å². The summed E-state index contributed by atoms with van der Waals surface area (Å²) >= 11 is 12.2. The van der Waals surface area contributed by atoms with E-state index in [1.54, 1.807) is 25.1 Å². The number of carbonyl (C=O) groups excluding carboxylic acids is 2.